The fourth-order valence-corrected chi connectivity index (χ4v) is 6.00. The molecule has 0 aromatic carbocycles. The van der Waals surface area contributed by atoms with Gasteiger partial charge in [-0.15, -0.1) is 0 Å². The molecule has 0 aromatic rings. The van der Waals surface area contributed by atoms with Gasteiger partial charge < -0.3 is 0 Å². The second-order valence-electron chi connectivity index (χ2n) is 7.17. The summed E-state index contributed by atoms with van der Waals surface area (Å²) in [4.78, 5) is 11.7. The van der Waals surface area contributed by atoms with Crippen LogP contribution in [0.2, 0.25) is 0 Å². The molecule has 3 aliphatic rings. The zero-order valence-electron chi connectivity index (χ0n) is 12.3. The number of thioether (sulfide) groups is 1. The number of hydrogen-bond donors (Lipinski definition) is 0. The van der Waals surface area contributed by atoms with Crippen LogP contribution in [0.3, 0.4) is 0 Å². The van der Waals surface area contributed by atoms with Crippen molar-refractivity contribution in [1.82, 2.24) is 0 Å². The molecular weight excluding hydrogens is 252 g/mol. The van der Waals surface area contributed by atoms with Crippen molar-refractivity contribution in [2.45, 2.75) is 64.0 Å². The van der Waals surface area contributed by atoms with Crippen molar-refractivity contribution in [3.8, 4) is 0 Å². The first-order valence-electron chi connectivity index (χ1n) is 7.93. The molecule has 106 valence electrons. The highest BCUT2D eigenvalue weighted by molar-refractivity contribution is 7.99. The Balaban J connectivity index is 1.77. The van der Waals surface area contributed by atoms with Crippen LogP contribution < -0.4 is 0 Å². The number of hydrogen-bond acceptors (Lipinski definition) is 2. The molecule has 2 aliphatic carbocycles. The predicted molar refractivity (Wildman–Crippen MR) is 82.4 cm³/mol. The molecule has 1 nitrogen and oxygen atoms in total. The molecule has 0 radical (unpaired) electrons. The summed E-state index contributed by atoms with van der Waals surface area (Å²) in [6.45, 7) is 4.89. The van der Waals surface area contributed by atoms with E-state index in [0.29, 0.717) is 23.0 Å². The van der Waals surface area contributed by atoms with Gasteiger partial charge in [-0.1, -0.05) is 25.8 Å². The zero-order valence-corrected chi connectivity index (χ0v) is 13.1. The molecule has 0 spiro atoms. The van der Waals surface area contributed by atoms with Gasteiger partial charge in [0.2, 0.25) is 0 Å². The van der Waals surface area contributed by atoms with Gasteiger partial charge in [0.15, 0.2) is 5.78 Å². The number of allylic oxidation sites excluding steroid dienone is 2. The van der Waals surface area contributed by atoms with Crippen molar-refractivity contribution in [3.05, 3.63) is 11.6 Å². The summed E-state index contributed by atoms with van der Waals surface area (Å²) in [5, 5.41) is 0.869. The third kappa shape index (κ3) is 2.66. The maximum Gasteiger partial charge on any atom is 0.156 e. The van der Waals surface area contributed by atoms with Crippen molar-refractivity contribution in [1.29, 1.82) is 0 Å². The molecule has 2 fully saturated rings. The van der Waals surface area contributed by atoms with Crippen molar-refractivity contribution < 1.29 is 4.79 Å². The van der Waals surface area contributed by atoms with Crippen molar-refractivity contribution in [3.63, 3.8) is 0 Å². The molecule has 0 amide bonds. The molecule has 19 heavy (non-hydrogen) atoms. The van der Waals surface area contributed by atoms with Gasteiger partial charge in [-0.25, -0.2) is 0 Å². The molecular formula is C17H26OS. The average Bonchev–Trinajstić information content (AvgIpc) is 2.91. The Morgan fingerprint density at radius 1 is 1.32 bits per heavy atom. The summed E-state index contributed by atoms with van der Waals surface area (Å²) in [6.07, 6.45) is 10.8. The van der Waals surface area contributed by atoms with Gasteiger partial charge in [0.05, 0.1) is 0 Å². The van der Waals surface area contributed by atoms with Crippen LogP contribution >= 0.6 is 11.8 Å². The summed E-state index contributed by atoms with van der Waals surface area (Å²) in [6, 6.07) is 0. The van der Waals surface area contributed by atoms with E-state index >= 15 is 0 Å². The second kappa shape index (κ2) is 5.27. The van der Waals surface area contributed by atoms with Crippen LogP contribution in [0, 0.1) is 17.3 Å². The number of carbonyl (C=O) groups is 1. The Hall–Kier alpha value is -0.240. The van der Waals surface area contributed by atoms with Gasteiger partial charge in [-0.3, -0.25) is 4.79 Å². The minimum absolute atomic E-state index is 0.377. The fourth-order valence-electron chi connectivity index (χ4n) is 4.39. The SMILES string of the molecule is CC1CCC2(C)CCCC2SCCC2=CC(=O)CC21. The smallest absolute Gasteiger partial charge is 0.156 e. The molecule has 0 bridgehead atoms. The van der Waals surface area contributed by atoms with E-state index < -0.39 is 0 Å². The predicted octanol–water partition coefficient (Wildman–Crippen LogP) is 4.61. The Morgan fingerprint density at radius 2 is 2.16 bits per heavy atom. The van der Waals surface area contributed by atoms with Gasteiger partial charge in [-0.2, -0.15) is 11.8 Å². The van der Waals surface area contributed by atoms with E-state index in [2.05, 4.69) is 25.6 Å². The van der Waals surface area contributed by atoms with Crippen LogP contribution in [-0.4, -0.2) is 16.8 Å². The Labute approximate surface area is 121 Å². The normalized spacial score (nSPS) is 43.6. The molecule has 1 aliphatic heterocycles. The minimum Gasteiger partial charge on any atom is -0.295 e. The maximum absolute atomic E-state index is 11.7. The van der Waals surface area contributed by atoms with E-state index in [1.165, 1.54) is 43.4 Å². The highest BCUT2D eigenvalue weighted by atomic mass is 32.2. The first kappa shape index (κ1) is 13.7. The Kier molecular flexibility index (Phi) is 3.81. The van der Waals surface area contributed by atoms with Crippen LogP contribution in [0.25, 0.3) is 0 Å². The molecule has 1 saturated heterocycles. The zero-order chi connectivity index (χ0) is 13.5. The largest absolute Gasteiger partial charge is 0.295 e. The Bertz CT molecular complexity index is 400. The number of carbonyl (C=O) groups excluding carboxylic acids is 1. The summed E-state index contributed by atoms with van der Waals surface area (Å²) in [5.74, 6) is 2.86. The highest BCUT2D eigenvalue weighted by Gasteiger charge is 2.40. The van der Waals surface area contributed by atoms with Crippen LogP contribution in [0.1, 0.15) is 58.8 Å². The molecule has 0 N–H and O–H groups in total. The lowest BCUT2D eigenvalue weighted by Gasteiger charge is -2.35. The van der Waals surface area contributed by atoms with E-state index in [0.717, 1.165) is 18.1 Å². The molecule has 0 aromatic heterocycles. The number of rotatable bonds is 0. The molecule has 2 heteroatoms. The molecule has 1 saturated carbocycles. The van der Waals surface area contributed by atoms with Gasteiger partial charge >= 0.3 is 0 Å². The van der Waals surface area contributed by atoms with E-state index in [9.17, 15) is 4.79 Å². The van der Waals surface area contributed by atoms with E-state index in [1.54, 1.807) is 0 Å². The molecule has 3 rings (SSSR count). The topological polar surface area (TPSA) is 17.1 Å². The number of ketones is 1. The first-order chi connectivity index (χ1) is 9.08. The first-order valence-corrected chi connectivity index (χ1v) is 8.98. The molecule has 1 heterocycles. The lowest BCUT2D eigenvalue weighted by Crippen LogP contribution is -2.27. The standard InChI is InChI=1S/C17H26OS/c1-12-5-8-17(2)7-3-4-16(17)19-9-6-13-10-14(18)11-15(12)13/h10,12,15-16H,3-9,11H2,1-2H3. The van der Waals surface area contributed by atoms with Crippen LogP contribution in [0.15, 0.2) is 11.6 Å². The van der Waals surface area contributed by atoms with Gasteiger partial charge in [0.1, 0.15) is 0 Å². The van der Waals surface area contributed by atoms with Crippen molar-refractivity contribution in [2.75, 3.05) is 5.75 Å². The monoisotopic (exact) mass is 278 g/mol. The van der Waals surface area contributed by atoms with Crippen LogP contribution in [-0.2, 0) is 4.79 Å². The lowest BCUT2D eigenvalue weighted by molar-refractivity contribution is -0.114. The van der Waals surface area contributed by atoms with Gasteiger partial charge in [0.25, 0.3) is 0 Å². The summed E-state index contributed by atoms with van der Waals surface area (Å²) < 4.78 is 0. The van der Waals surface area contributed by atoms with E-state index in [1.807, 2.05) is 6.08 Å². The van der Waals surface area contributed by atoms with Gasteiger partial charge in [0, 0.05) is 11.7 Å². The quantitative estimate of drug-likeness (QED) is 0.643. The summed E-state index contributed by atoms with van der Waals surface area (Å²) in [7, 11) is 0. The molecule has 4 atom stereocenters. The summed E-state index contributed by atoms with van der Waals surface area (Å²) >= 11 is 2.19. The van der Waals surface area contributed by atoms with E-state index in [4.69, 9.17) is 0 Å². The van der Waals surface area contributed by atoms with Crippen molar-refractivity contribution >= 4 is 17.5 Å². The fraction of sp³-hybridized carbons (Fsp3) is 0.824. The maximum atomic E-state index is 11.7. The average molecular weight is 278 g/mol. The van der Waals surface area contributed by atoms with Gasteiger partial charge in [-0.05, 0) is 61.2 Å². The third-order valence-electron chi connectivity index (χ3n) is 5.80. The summed E-state index contributed by atoms with van der Waals surface area (Å²) in [5.41, 5.74) is 2.04. The van der Waals surface area contributed by atoms with Crippen LogP contribution in [0.5, 0.6) is 0 Å². The highest BCUT2D eigenvalue weighted by Crippen LogP contribution is 2.50. The second-order valence-corrected chi connectivity index (χ2v) is 8.48. The molecule has 4 unspecified atom stereocenters. The minimum atomic E-state index is 0.377. The van der Waals surface area contributed by atoms with Crippen LogP contribution in [0.4, 0.5) is 0 Å². The number of fused-ring (bicyclic) bond motifs is 2. The van der Waals surface area contributed by atoms with E-state index in [-0.39, 0.29) is 0 Å². The Morgan fingerprint density at radius 3 is 3.00 bits per heavy atom. The van der Waals surface area contributed by atoms with Crippen molar-refractivity contribution in [2.24, 2.45) is 17.3 Å². The third-order valence-corrected chi connectivity index (χ3v) is 7.45. The lowest BCUT2D eigenvalue weighted by atomic mass is 9.77.